The molecule has 0 unspecified atom stereocenters. The van der Waals surface area contributed by atoms with Crippen molar-refractivity contribution in [1.82, 2.24) is 19.7 Å². The lowest BCUT2D eigenvalue weighted by Gasteiger charge is -2.23. The van der Waals surface area contributed by atoms with Crippen LogP contribution in [-0.4, -0.2) is 33.3 Å². The molecule has 1 aliphatic heterocycles. The largest absolute Gasteiger partial charge is 0.313 e. The number of hydrogen-bond acceptors (Lipinski definition) is 3. The van der Waals surface area contributed by atoms with Gasteiger partial charge in [-0.1, -0.05) is 20.8 Å². The number of nitrogens with zero attached hydrogens (tertiary/aromatic N) is 4. The maximum Gasteiger partial charge on any atom is 0.147 e. The number of fused-ring (bicyclic) bond motifs is 1. The second-order valence-electron chi connectivity index (χ2n) is 3.28. The number of rotatable bonds is 1. The van der Waals surface area contributed by atoms with Crippen LogP contribution in [-0.2, 0) is 19.5 Å². The van der Waals surface area contributed by atoms with Crippen LogP contribution in [0.15, 0.2) is 0 Å². The van der Waals surface area contributed by atoms with Crippen LogP contribution in [0, 0.1) is 0 Å². The van der Waals surface area contributed by atoms with Gasteiger partial charge in [0.2, 0.25) is 0 Å². The molecule has 0 N–H and O–H groups in total. The van der Waals surface area contributed by atoms with Crippen LogP contribution in [0.1, 0.15) is 32.4 Å². The fraction of sp³-hybridized carbons (Fsp3) is 0.800. The van der Waals surface area contributed by atoms with Crippen molar-refractivity contribution in [2.75, 3.05) is 13.6 Å². The predicted octanol–water partition coefficient (Wildman–Crippen LogP) is 1.31. The molecule has 0 saturated carbocycles. The zero-order valence-corrected chi connectivity index (χ0v) is 9.62. The van der Waals surface area contributed by atoms with Crippen molar-refractivity contribution < 1.29 is 0 Å². The Hall–Kier alpha value is -0.900. The second-order valence-corrected chi connectivity index (χ2v) is 3.28. The molecule has 0 spiro atoms. The molecule has 0 aromatic carbocycles. The average molecular weight is 196 g/mol. The van der Waals surface area contributed by atoms with Crippen LogP contribution < -0.4 is 0 Å². The van der Waals surface area contributed by atoms with Gasteiger partial charge in [-0.15, -0.1) is 10.2 Å². The van der Waals surface area contributed by atoms with Gasteiger partial charge < -0.3 is 4.57 Å². The Morgan fingerprint density at radius 3 is 2.57 bits per heavy atom. The number of aromatic nitrogens is 3. The quantitative estimate of drug-likeness (QED) is 0.679. The van der Waals surface area contributed by atoms with Crippen LogP contribution in [0.25, 0.3) is 0 Å². The highest BCUT2D eigenvalue weighted by molar-refractivity contribution is 4.98. The summed E-state index contributed by atoms with van der Waals surface area (Å²) in [4.78, 5) is 2.27. The van der Waals surface area contributed by atoms with Crippen LogP contribution in [0.2, 0.25) is 0 Å². The third-order valence-electron chi connectivity index (χ3n) is 2.34. The molecule has 0 amide bonds. The summed E-state index contributed by atoms with van der Waals surface area (Å²) >= 11 is 0. The SMILES string of the molecule is CC.CCc1nnc2n1CCN(C)C2. The monoisotopic (exact) mass is 196 g/mol. The summed E-state index contributed by atoms with van der Waals surface area (Å²) in [5, 5.41) is 8.29. The van der Waals surface area contributed by atoms with Gasteiger partial charge in [0.1, 0.15) is 11.6 Å². The van der Waals surface area contributed by atoms with E-state index in [1.807, 2.05) is 13.8 Å². The summed E-state index contributed by atoms with van der Waals surface area (Å²) in [5.74, 6) is 2.23. The molecule has 0 radical (unpaired) electrons. The first-order valence-corrected chi connectivity index (χ1v) is 5.40. The standard InChI is InChI=1S/C8H14N4.C2H6/c1-3-7-9-10-8-6-11(2)4-5-12(7)8;1-2/h3-6H2,1-2H3;1-2H3. The van der Waals surface area contributed by atoms with Gasteiger partial charge in [0, 0.05) is 19.5 Å². The van der Waals surface area contributed by atoms with E-state index in [9.17, 15) is 0 Å². The molecule has 0 saturated heterocycles. The lowest BCUT2D eigenvalue weighted by Crippen LogP contribution is -2.31. The predicted molar refractivity (Wildman–Crippen MR) is 57.1 cm³/mol. The van der Waals surface area contributed by atoms with E-state index in [1.54, 1.807) is 0 Å². The van der Waals surface area contributed by atoms with Crippen molar-refractivity contribution in [2.45, 2.75) is 40.3 Å². The van der Waals surface area contributed by atoms with Crippen molar-refractivity contribution in [2.24, 2.45) is 0 Å². The highest BCUT2D eigenvalue weighted by atomic mass is 15.3. The minimum absolute atomic E-state index is 0.938. The lowest BCUT2D eigenvalue weighted by atomic mass is 10.3. The Labute approximate surface area is 85.9 Å². The molecule has 2 rings (SSSR count). The first-order valence-electron chi connectivity index (χ1n) is 5.40. The Morgan fingerprint density at radius 1 is 1.21 bits per heavy atom. The zero-order valence-electron chi connectivity index (χ0n) is 9.62. The van der Waals surface area contributed by atoms with Gasteiger partial charge >= 0.3 is 0 Å². The van der Waals surface area contributed by atoms with Crippen molar-refractivity contribution >= 4 is 0 Å². The van der Waals surface area contributed by atoms with E-state index >= 15 is 0 Å². The van der Waals surface area contributed by atoms with Gasteiger partial charge in [-0.05, 0) is 7.05 Å². The molecule has 4 nitrogen and oxygen atoms in total. The fourth-order valence-corrected chi connectivity index (χ4v) is 1.60. The Balaban J connectivity index is 0.000000461. The number of hydrogen-bond donors (Lipinski definition) is 0. The van der Waals surface area contributed by atoms with Crippen LogP contribution in [0.5, 0.6) is 0 Å². The molecule has 1 aromatic rings. The van der Waals surface area contributed by atoms with Crippen molar-refractivity contribution in [1.29, 1.82) is 0 Å². The summed E-state index contributed by atoms with van der Waals surface area (Å²) in [6, 6.07) is 0. The van der Waals surface area contributed by atoms with E-state index < -0.39 is 0 Å². The molecule has 0 fully saturated rings. The molecule has 2 heterocycles. The van der Waals surface area contributed by atoms with Crippen LogP contribution in [0.3, 0.4) is 0 Å². The van der Waals surface area contributed by atoms with E-state index in [2.05, 4.69) is 33.6 Å². The molecule has 80 valence electrons. The van der Waals surface area contributed by atoms with Crippen molar-refractivity contribution in [3.05, 3.63) is 11.6 Å². The van der Waals surface area contributed by atoms with Crippen molar-refractivity contribution in [3.63, 3.8) is 0 Å². The topological polar surface area (TPSA) is 34.0 Å². The maximum absolute atomic E-state index is 4.15. The molecule has 0 aliphatic carbocycles. The van der Waals surface area contributed by atoms with E-state index in [0.29, 0.717) is 0 Å². The molecule has 1 aliphatic rings. The van der Waals surface area contributed by atoms with Gasteiger partial charge in [-0.3, -0.25) is 4.90 Å². The van der Waals surface area contributed by atoms with Crippen LogP contribution in [0.4, 0.5) is 0 Å². The van der Waals surface area contributed by atoms with Gasteiger partial charge in [0.15, 0.2) is 0 Å². The first kappa shape index (κ1) is 11.2. The van der Waals surface area contributed by atoms with Gasteiger partial charge in [-0.2, -0.15) is 0 Å². The average Bonchev–Trinajstić information content (AvgIpc) is 2.62. The zero-order chi connectivity index (χ0) is 10.6. The molecule has 14 heavy (non-hydrogen) atoms. The minimum Gasteiger partial charge on any atom is -0.313 e. The van der Waals surface area contributed by atoms with E-state index in [1.165, 1.54) is 0 Å². The molecule has 0 bridgehead atoms. The van der Waals surface area contributed by atoms with Crippen LogP contribution >= 0.6 is 0 Å². The van der Waals surface area contributed by atoms with E-state index in [-0.39, 0.29) is 0 Å². The maximum atomic E-state index is 4.15. The highest BCUT2D eigenvalue weighted by Crippen LogP contribution is 2.10. The Morgan fingerprint density at radius 2 is 1.93 bits per heavy atom. The second kappa shape index (κ2) is 5.10. The summed E-state index contributed by atoms with van der Waals surface area (Å²) < 4.78 is 2.24. The summed E-state index contributed by atoms with van der Waals surface area (Å²) in [5.41, 5.74) is 0. The first-order chi connectivity index (χ1) is 6.81. The molecule has 0 atom stereocenters. The fourth-order valence-electron chi connectivity index (χ4n) is 1.60. The summed E-state index contributed by atoms with van der Waals surface area (Å²) in [6.07, 6.45) is 0.983. The summed E-state index contributed by atoms with van der Waals surface area (Å²) in [6.45, 7) is 9.21. The Kier molecular flexibility index (Phi) is 4.07. The van der Waals surface area contributed by atoms with E-state index in [0.717, 1.165) is 37.7 Å². The lowest BCUT2D eigenvalue weighted by molar-refractivity contribution is 0.262. The molecule has 1 aromatic heterocycles. The summed E-state index contributed by atoms with van der Waals surface area (Å²) in [7, 11) is 2.11. The minimum atomic E-state index is 0.938. The van der Waals surface area contributed by atoms with Gasteiger partial charge in [0.05, 0.1) is 6.54 Å². The third-order valence-corrected chi connectivity index (χ3v) is 2.34. The van der Waals surface area contributed by atoms with Crippen molar-refractivity contribution in [3.8, 4) is 0 Å². The molecular formula is C10H20N4. The Bertz CT molecular complexity index is 280. The van der Waals surface area contributed by atoms with Gasteiger partial charge in [-0.25, -0.2) is 0 Å². The number of likely N-dealkylation sites (N-methyl/N-ethyl adjacent to an activating group) is 1. The molecule has 4 heteroatoms. The van der Waals surface area contributed by atoms with E-state index in [4.69, 9.17) is 0 Å². The third kappa shape index (κ3) is 2.12. The normalized spacial score (nSPS) is 15.7. The number of aryl methyl sites for hydroxylation is 1. The van der Waals surface area contributed by atoms with Gasteiger partial charge in [0.25, 0.3) is 0 Å². The smallest absolute Gasteiger partial charge is 0.147 e. The molecular weight excluding hydrogens is 176 g/mol. The highest BCUT2D eigenvalue weighted by Gasteiger charge is 2.16.